The van der Waals surface area contributed by atoms with Gasteiger partial charge in [-0.3, -0.25) is 9.59 Å². The summed E-state index contributed by atoms with van der Waals surface area (Å²) in [7, 11) is 0. The summed E-state index contributed by atoms with van der Waals surface area (Å²) in [5, 5.41) is 6.84. The highest BCUT2D eigenvalue weighted by atomic mass is 16.5. The molecule has 0 spiro atoms. The van der Waals surface area contributed by atoms with Crippen molar-refractivity contribution in [1.29, 1.82) is 0 Å². The van der Waals surface area contributed by atoms with Gasteiger partial charge >= 0.3 is 0 Å². The monoisotopic (exact) mass is 383 g/mol. The number of Topliss-reactive ketones (excluding diaryl/α,β-unsaturated/α-hetero) is 1. The quantitative estimate of drug-likeness (QED) is 0.498. The Bertz CT molecular complexity index is 1180. The number of aromatic nitrogens is 2. The van der Waals surface area contributed by atoms with Crippen LogP contribution in [-0.4, -0.2) is 21.8 Å². The summed E-state index contributed by atoms with van der Waals surface area (Å²) < 4.78 is 5.41. The van der Waals surface area contributed by atoms with E-state index in [1.54, 1.807) is 48.5 Å². The molecule has 0 unspecified atom stereocenters. The first-order valence-electron chi connectivity index (χ1n) is 9.03. The zero-order valence-corrected chi connectivity index (χ0v) is 15.6. The van der Waals surface area contributed by atoms with Crippen LogP contribution in [0.1, 0.15) is 27.6 Å². The summed E-state index contributed by atoms with van der Waals surface area (Å²) in [4.78, 5) is 28.9. The highest BCUT2D eigenvalue weighted by Gasteiger charge is 2.18. The first-order valence-corrected chi connectivity index (χ1v) is 9.03. The Hall–Kier alpha value is -4.06. The lowest BCUT2D eigenvalue weighted by molar-refractivity contribution is 0.101. The zero-order chi connectivity index (χ0) is 20.2. The minimum Gasteiger partial charge on any atom is -0.334 e. The number of carbonyl (C=O) groups is 2. The molecule has 0 fully saturated rings. The van der Waals surface area contributed by atoms with Gasteiger partial charge in [0.05, 0.1) is 11.1 Å². The molecule has 0 aliphatic carbocycles. The molecular formula is C23H17N3O3. The van der Waals surface area contributed by atoms with Crippen molar-refractivity contribution in [3.63, 3.8) is 0 Å². The first kappa shape index (κ1) is 18.3. The van der Waals surface area contributed by atoms with Gasteiger partial charge in [-0.05, 0) is 31.2 Å². The largest absolute Gasteiger partial charge is 0.334 e. The van der Waals surface area contributed by atoms with E-state index in [1.807, 2.05) is 30.3 Å². The second-order valence-corrected chi connectivity index (χ2v) is 6.43. The molecule has 6 heteroatoms. The number of anilines is 1. The Morgan fingerprint density at radius 3 is 2.45 bits per heavy atom. The SMILES string of the molecule is CC(=O)c1cccc(NC(=O)c2ccccc2-c2nc(-c3ccccc3)no2)c1. The van der Waals surface area contributed by atoms with Crippen LogP contribution in [0.15, 0.2) is 83.4 Å². The van der Waals surface area contributed by atoms with Crippen LogP contribution in [0.3, 0.4) is 0 Å². The van der Waals surface area contributed by atoms with Crippen molar-refractivity contribution in [2.75, 3.05) is 5.32 Å². The van der Waals surface area contributed by atoms with E-state index in [-0.39, 0.29) is 17.6 Å². The lowest BCUT2D eigenvalue weighted by Gasteiger charge is -2.08. The zero-order valence-electron chi connectivity index (χ0n) is 15.6. The van der Waals surface area contributed by atoms with Crippen molar-refractivity contribution in [3.8, 4) is 22.8 Å². The molecule has 6 nitrogen and oxygen atoms in total. The van der Waals surface area contributed by atoms with E-state index >= 15 is 0 Å². The van der Waals surface area contributed by atoms with Gasteiger partial charge in [0.25, 0.3) is 11.8 Å². The molecule has 0 aliphatic heterocycles. The van der Waals surface area contributed by atoms with Crippen molar-refractivity contribution in [2.24, 2.45) is 0 Å². The second kappa shape index (κ2) is 7.90. The smallest absolute Gasteiger partial charge is 0.259 e. The van der Waals surface area contributed by atoms with Gasteiger partial charge in [0.1, 0.15) is 0 Å². The summed E-state index contributed by atoms with van der Waals surface area (Å²) in [6, 6.07) is 23.3. The molecule has 29 heavy (non-hydrogen) atoms. The molecule has 142 valence electrons. The fourth-order valence-electron chi connectivity index (χ4n) is 2.92. The van der Waals surface area contributed by atoms with Gasteiger partial charge < -0.3 is 9.84 Å². The number of nitrogens with one attached hydrogen (secondary N) is 1. The van der Waals surface area contributed by atoms with Gasteiger partial charge in [-0.1, -0.05) is 59.8 Å². The average Bonchev–Trinajstić information content (AvgIpc) is 3.25. The van der Waals surface area contributed by atoms with Crippen LogP contribution in [0.5, 0.6) is 0 Å². The highest BCUT2D eigenvalue weighted by molar-refractivity contribution is 6.08. The van der Waals surface area contributed by atoms with E-state index < -0.39 is 0 Å². The average molecular weight is 383 g/mol. The predicted octanol–water partition coefficient (Wildman–Crippen LogP) is 4.86. The number of hydrogen-bond acceptors (Lipinski definition) is 5. The molecule has 0 saturated heterocycles. The van der Waals surface area contributed by atoms with E-state index in [0.29, 0.717) is 28.2 Å². The molecule has 0 aliphatic rings. The van der Waals surface area contributed by atoms with Crippen molar-refractivity contribution in [2.45, 2.75) is 6.92 Å². The molecule has 1 N–H and O–H groups in total. The standard InChI is InChI=1S/C23H17N3O3/c1-15(27)17-10-7-11-18(14-17)24-22(28)19-12-5-6-13-20(19)23-25-21(26-29-23)16-8-3-2-4-9-16/h2-14H,1H3,(H,24,28). The van der Waals surface area contributed by atoms with Crippen LogP contribution in [-0.2, 0) is 0 Å². The maximum atomic E-state index is 12.9. The van der Waals surface area contributed by atoms with E-state index in [0.717, 1.165) is 5.56 Å². The summed E-state index contributed by atoms with van der Waals surface area (Å²) >= 11 is 0. The number of carbonyl (C=O) groups excluding carboxylic acids is 2. The van der Waals surface area contributed by atoms with Gasteiger partial charge in [-0.2, -0.15) is 4.98 Å². The van der Waals surface area contributed by atoms with E-state index in [2.05, 4.69) is 15.5 Å². The van der Waals surface area contributed by atoms with Crippen LogP contribution in [0.4, 0.5) is 5.69 Å². The lowest BCUT2D eigenvalue weighted by Crippen LogP contribution is -2.13. The Kier molecular flexibility index (Phi) is 4.99. The third-order valence-corrected chi connectivity index (χ3v) is 4.39. The Balaban J connectivity index is 1.64. The maximum Gasteiger partial charge on any atom is 0.259 e. The number of nitrogens with zero attached hydrogens (tertiary/aromatic N) is 2. The van der Waals surface area contributed by atoms with Crippen molar-refractivity contribution >= 4 is 17.4 Å². The molecule has 1 amide bonds. The summed E-state index contributed by atoms with van der Waals surface area (Å²) in [5.74, 6) is 0.304. The molecule has 4 aromatic rings. The molecule has 0 radical (unpaired) electrons. The van der Waals surface area contributed by atoms with Crippen molar-refractivity contribution in [1.82, 2.24) is 10.1 Å². The molecule has 0 saturated carbocycles. The van der Waals surface area contributed by atoms with Crippen LogP contribution >= 0.6 is 0 Å². The third-order valence-electron chi connectivity index (χ3n) is 4.39. The normalized spacial score (nSPS) is 10.5. The van der Waals surface area contributed by atoms with Crippen LogP contribution in [0.25, 0.3) is 22.8 Å². The van der Waals surface area contributed by atoms with Gasteiger partial charge in [0.15, 0.2) is 5.78 Å². The van der Waals surface area contributed by atoms with Gasteiger partial charge in [-0.15, -0.1) is 0 Å². The molecule has 1 heterocycles. The Morgan fingerprint density at radius 2 is 1.66 bits per heavy atom. The van der Waals surface area contributed by atoms with E-state index in [4.69, 9.17) is 4.52 Å². The maximum absolute atomic E-state index is 12.9. The summed E-state index contributed by atoms with van der Waals surface area (Å²) in [5.41, 5.74) is 2.81. The fraction of sp³-hybridized carbons (Fsp3) is 0.0435. The molecule has 3 aromatic carbocycles. The Labute approximate surface area is 167 Å². The summed E-state index contributed by atoms with van der Waals surface area (Å²) in [6.45, 7) is 1.48. The number of rotatable bonds is 5. The van der Waals surface area contributed by atoms with Crippen molar-refractivity contribution in [3.05, 3.63) is 90.0 Å². The van der Waals surface area contributed by atoms with Crippen molar-refractivity contribution < 1.29 is 14.1 Å². The third kappa shape index (κ3) is 3.96. The second-order valence-electron chi connectivity index (χ2n) is 6.43. The molecule has 1 aromatic heterocycles. The minimum absolute atomic E-state index is 0.0687. The number of benzene rings is 3. The molecular weight excluding hydrogens is 366 g/mol. The number of hydrogen-bond donors (Lipinski definition) is 1. The van der Waals surface area contributed by atoms with Crippen LogP contribution in [0, 0.1) is 0 Å². The molecule has 4 rings (SSSR count). The van der Waals surface area contributed by atoms with Crippen LogP contribution < -0.4 is 5.32 Å². The van der Waals surface area contributed by atoms with Crippen LogP contribution in [0.2, 0.25) is 0 Å². The highest BCUT2D eigenvalue weighted by Crippen LogP contribution is 2.26. The van der Waals surface area contributed by atoms with E-state index in [9.17, 15) is 9.59 Å². The van der Waals surface area contributed by atoms with E-state index in [1.165, 1.54) is 6.92 Å². The Morgan fingerprint density at radius 1 is 0.897 bits per heavy atom. The number of amides is 1. The van der Waals surface area contributed by atoms with Gasteiger partial charge in [0.2, 0.25) is 5.82 Å². The molecule has 0 atom stereocenters. The predicted molar refractivity (Wildman–Crippen MR) is 110 cm³/mol. The topological polar surface area (TPSA) is 85.1 Å². The fourth-order valence-corrected chi connectivity index (χ4v) is 2.92. The molecule has 0 bridgehead atoms. The van der Waals surface area contributed by atoms with Gasteiger partial charge in [0, 0.05) is 16.8 Å². The van der Waals surface area contributed by atoms with Gasteiger partial charge in [-0.25, -0.2) is 0 Å². The summed E-state index contributed by atoms with van der Waals surface area (Å²) in [6.07, 6.45) is 0. The number of ketones is 1. The lowest BCUT2D eigenvalue weighted by atomic mass is 10.1. The first-order chi connectivity index (χ1) is 14.1. The minimum atomic E-state index is -0.333.